The lowest BCUT2D eigenvalue weighted by Crippen LogP contribution is -2.49. The number of ether oxygens (including phenoxy) is 1. The minimum absolute atomic E-state index is 0.0162. The largest absolute Gasteiger partial charge is 0.495 e. The summed E-state index contributed by atoms with van der Waals surface area (Å²) in [6.07, 6.45) is 3.33. The van der Waals surface area contributed by atoms with Crippen molar-refractivity contribution in [3.63, 3.8) is 0 Å². The van der Waals surface area contributed by atoms with Gasteiger partial charge < -0.3 is 15.0 Å². The molecule has 0 radical (unpaired) electrons. The Morgan fingerprint density at radius 1 is 1.23 bits per heavy atom. The number of aromatic nitrogens is 2. The maximum Gasteiger partial charge on any atom is 0.261 e. The van der Waals surface area contributed by atoms with Crippen LogP contribution in [0.1, 0.15) is 18.4 Å². The molecule has 7 heteroatoms. The molecule has 0 spiro atoms. The Kier molecular flexibility index (Phi) is 5.70. The summed E-state index contributed by atoms with van der Waals surface area (Å²) in [7, 11) is 1.67. The fourth-order valence-corrected chi connectivity index (χ4v) is 4.08. The fraction of sp³-hybridized carbons (Fsp3) is 0.348. The summed E-state index contributed by atoms with van der Waals surface area (Å²) in [5.41, 5.74) is 2.46. The lowest BCUT2D eigenvalue weighted by Gasteiger charge is -2.35. The van der Waals surface area contributed by atoms with Gasteiger partial charge in [0.2, 0.25) is 5.91 Å². The van der Waals surface area contributed by atoms with Crippen molar-refractivity contribution in [1.82, 2.24) is 14.9 Å². The molecule has 1 saturated heterocycles. The van der Waals surface area contributed by atoms with E-state index >= 15 is 0 Å². The number of carbonyl (C=O) groups excluding carboxylic acids is 1. The second-order valence-electron chi connectivity index (χ2n) is 7.67. The van der Waals surface area contributed by atoms with Gasteiger partial charge in [-0.05, 0) is 43.5 Å². The van der Waals surface area contributed by atoms with Crippen LogP contribution in [0.15, 0.2) is 53.6 Å². The molecule has 2 heterocycles. The lowest BCUT2D eigenvalue weighted by molar-refractivity contribution is -0.122. The molecule has 0 bridgehead atoms. The number of anilines is 1. The van der Waals surface area contributed by atoms with E-state index in [4.69, 9.17) is 4.74 Å². The van der Waals surface area contributed by atoms with Gasteiger partial charge >= 0.3 is 0 Å². The molecule has 0 saturated carbocycles. The molecule has 0 aliphatic carbocycles. The molecule has 30 heavy (non-hydrogen) atoms. The Hall–Kier alpha value is -3.35. The summed E-state index contributed by atoms with van der Waals surface area (Å²) in [5.74, 6) is 0.645. The summed E-state index contributed by atoms with van der Waals surface area (Å²) in [5, 5.41) is 3.62. The lowest BCUT2D eigenvalue weighted by atomic mass is 10.0. The van der Waals surface area contributed by atoms with E-state index in [-0.39, 0.29) is 24.1 Å². The van der Waals surface area contributed by atoms with Crippen LogP contribution in [0.25, 0.3) is 10.9 Å². The van der Waals surface area contributed by atoms with Crippen molar-refractivity contribution in [2.24, 2.45) is 0 Å². The summed E-state index contributed by atoms with van der Waals surface area (Å²) < 4.78 is 6.85. The fourth-order valence-electron chi connectivity index (χ4n) is 4.08. The van der Waals surface area contributed by atoms with E-state index in [0.29, 0.717) is 17.4 Å². The van der Waals surface area contributed by atoms with Crippen LogP contribution in [0.4, 0.5) is 5.69 Å². The number of hydrogen-bond donors (Lipinski definition) is 1. The van der Waals surface area contributed by atoms with Gasteiger partial charge in [0, 0.05) is 19.1 Å². The van der Waals surface area contributed by atoms with Crippen LogP contribution >= 0.6 is 0 Å². The van der Waals surface area contributed by atoms with Crippen molar-refractivity contribution in [3.8, 4) is 5.75 Å². The van der Waals surface area contributed by atoms with Crippen molar-refractivity contribution in [2.45, 2.75) is 32.4 Å². The van der Waals surface area contributed by atoms with Gasteiger partial charge in [-0.15, -0.1) is 0 Å². The zero-order valence-electron chi connectivity index (χ0n) is 17.3. The van der Waals surface area contributed by atoms with Crippen LogP contribution in [0, 0.1) is 6.92 Å². The van der Waals surface area contributed by atoms with Gasteiger partial charge in [0.05, 0.1) is 30.0 Å². The first kappa shape index (κ1) is 19.9. The third-order valence-corrected chi connectivity index (χ3v) is 5.58. The first-order valence-corrected chi connectivity index (χ1v) is 10.2. The Morgan fingerprint density at radius 2 is 2.07 bits per heavy atom. The van der Waals surface area contributed by atoms with Gasteiger partial charge in [-0.1, -0.05) is 24.3 Å². The normalized spacial score (nSPS) is 16.5. The molecule has 4 rings (SSSR count). The van der Waals surface area contributed by atoms with Crippen LogP contribution < -0.4 is 20.5 Å². The van der Waals surface area contributed by atoms with E-state index in [1.54, 1.807) is 13.2 Å². The molecule has 3 aromatic rings. The number of para-hydroxylation sites is 3. The highest BCUT2D eigenvalue weighted by Crippen LogP contribution is 2.29. The van der Waals surface area contributed by atoms with E-state index in [2.05, 4.69) is 15.2 Å². The average molecular weight is 406 g/mol. The van der Waals surface area contributed by atoms with Crippen LogP contribution in [-0.4, -0.2) is 41.7 Å². The molecule has 1 aromatic heterocycles. The number of nitrogens with one attached hydrogen (secondary N) is 1. The number of fused-ring (bicyclic) bond motifs is 1. The minimum atomic E-state index is -0.196. The summed E-state index contributed by atoms with van der Waals surface area (Å²) in [6.45, 7) is 3.50. The quantitative estimate of drug-likeness (QED) is 0.705. The number of piperidine rings is 1. The highest BCUT2D eigenvalue weighted by atomic mass is 16.5. The zero-order chi connectivity index (χ0) is 21.1. The van der Waals surface area contributed by atoms with E-state index in [1.807, 2.05) is 43.3 Å². The molecule has 1 atom stereocenters. The Balaban J connectivity index is 1.45. The molecule has 1 unspecified atom stereocenters. The SMILES string of the molecule is COc1ccccc1N1CCCC(NC(=O)Cn2cnc3c(C)cccc3c2=O)C1. The molecule has 1 fully saturated rings. The Morgan fingerprint density at radius 3 is 2.90 bits per heavy atom. The highest BCUT2D eigenvalue weighted by Gasteiger charge is 2.23. The van der Waals surface area contributed by atoms with Crippen molar-refractivity contribution in [2.75, 3.05) is 25.1 Å². The predicted molar refractivity (Wildman–Crippen MR) is 117 cm³/mol. The number of rotatable bonds is 5. The monoisotopic (exact) mass is 406 g/mol. The molecule has 1 amide bonds. The highest BCUT2D eigenvalue weighted by molar-refractivity contribution is 5.81. The minimum Gasteiger partial charge on any atom is -0.495 e. The van der Waals surface area contributed by atoms with Crippen LogP contribution in [0.3, 0.4) is 0 Å². The maximum absolute atomic E-state index is 12.7. The molecule has 1 aliphatic rings. The number of methoxy groups -OCH3 is 1. The topological polar surface area (TPSA) is 76.5 Å². The number of carbonyl (C=O) groups is 1. The first-order valence-electron chi connectivity index (χ1n) is 10.2. The number of hydrogen-bond acceptors (Lipinski definition) is 5. The van der Waals surface area contributed by atoms with Crippen LogP contribution in [0.2, 0.25) is 0 Å². The number of amides is 1. The summed E-state index contributed by atoms with van der Waals surface area (Å²) in [4.78, 5) is 32.0. The van der Waals surface area contributed by atoms with Crippen molar-refractivity contribution in [3.05, 3.63) is 64.7 Å². The van der Waals surface area contributed by atoms with E-state index < -0.39 is 0 Å². The van der Waals surface area contributed by atoms with Crippen LogP contribution in [0.5, 0.6) is 5.75 Å². The third kappa shape index (κ3) is 4.01. The Bertz CT molecular complexity index is 1120. The molecule has 156 valence electrons. The molecule has 7 nitrogen and oxygen atoms in total. The molecule has 2 aromatic carbocycles. The number of benzene rings is 2. The third-order valence-electron chi connectivity index (χ3n) is 5.58. The van der Waals surface area contributed by atoms with Crippen molar-refractivity contribution in [1.29, 1.82) is 0 Å². The van der Waals surface area contributed by atoms with Crippen LogP contribution in [-0.2, 0) is 11.3 Å². The van der Waals surface area contributed by atoms with Gasteiger partial charge in [0.15, 0.2) is 0 Å². The maximum atomic E-state index is 12.7. The molecule has 1 N–H and O–H groups in total. The van der Waals surface area contributed by atoms with Gasteiger partial charge in [-0.25, -0.2) is 4.98 Å². The summed E-state index contributed by atoms with van der Waals surface area (Å²) >= 11 is 0. The van der Waals surface area contributed by atoms with E-state index in [0.717, 1.165) is 36.4 Å². The van der Waals surface area contributed by atoms with E-state index in [9.17, 15) is 9.59 Å². The molecular formula is C23H26N4O3. The van der Waals surface area contributed by atoms with Gasteiger partial charge in [-0.3, -0.25) is 14.2 Å². The second-order valence-corrected chi connectivity index (χ2v) is 7.67. The first-order chi connectivity index (χ1) is 14.6. The smallest absolute Gasteiger partial charge is 0.261 e. The summed E-state index contributed by atoms with van der Waals surface area (Å²) in [6, 6.07) is 13.4. The van der Waals surface area contributed by atoms with Crippen molar-refractivity contribution < 1.29 is 9.53 Å². The second kappa shape index (κ2) is 8.57. The standard InChI is InChI=1S/C23H26N4O3/c1-16-7-5-9-18-22(16)24-15-27(23(18)29)14-21(28)25-17-8-6-12-26(13-17)19-10-3-4-11-20(19)30-2/h3-5,7,9-11,15,17H,6,8,12-14H2,1-2H3,(H,25,28). The average Bonchev–Trinajstić information content (AvgIpc) is 2.76. The Labute approximate surface area is 175 Å². The van der Waals surface area contributed by atoms with E-state index in [1.165, 1.54) is 10.9 Å². The van der Waals surface area contributed by atoms with Gasteiger partial charge in [0.1, 0.15) is 12.3 Å². The molecule has 1 aliphatic heterocycles. The van der Waals surface area contributed by atoms with Gasteiger partial charge in [0.25, 0.3) is 5.56 Å². The zero-order valence-corrected chi connectivity index (χ0v) is 17.3. The number of nitrogens with zero attached hydrogens (tertiary/aromatic N) is 3. The number of aryl methyl sites for hydroxylation is 1. The molecular weight excluding hydrogens is 380 g/mol. The van der Waals surface area contributed by atoms with Crippen molar-refractivity contribution >= 4 is 22.5 Å². The van der Waals surface area contributed by atoms with Gasteiger partial charge in [-0.2, -0.15) is 0 Å². The predicted octanol–water partition coefficient (Wildman–Crippen LogP) is 2.50.